The van der Waals surface area contributed by atoms with Crippen LogP contribution in [0, 0.1) is 5.92 Å². The monoisotopic (exact) mass is 240 g/mol. The summed E-state index contributed by atoms with van der Waals surface area (Å²) in [6.07, 6.45) is 5.25. The molecule has 0 radical (unpaired) electrons. The van der Waals surface area contributed by atoms with Gasteiger partial charge in [0.05, 0.1) is 6.10 Å². The molecule has 100 valence electrons. The van der Waals surface area contributed by atoms with Crippen LogP contribution in [0.5, 0.6) is 0 Å². The van der Waals surface area contributed by atoms with Gasteiger partial charge in [0, 0.05) is 24.7 Å². The summed E-state index contributed by atoms with van der Waals surface area (Å²) in [4.78, 5) is 2.69. The minimum atomic E-state index is 0.200. The van der Waals surface area contributed by atoms with Crippen LogP contribution in [0.4, 0.5) is 0 Å². The predicted molar refractivity (Wildman–Crippen MR) is 71.0 cm³/mol. The SMILES string of the molecule is CC1CC(CN)(N2CCCC(C)C2C)CCO1. The van der Waals surface area contributed by atoms with Crippen LogP contribution >= 0.6 is 0 Å². The number of nitrogens with zero attached hydrogens (tertiary/aromatic N) is 1. The Morgan fingerprint density at radius 2 is 2.12 bits per heavy atom. The Hall–Kier alpha value is -0.120. The van der Waals surface area contributed by atoms with E-state index >= 15 is 0 Å². The average molecular weight is 240 g/mol. The van der Waals surface area contributed by atoms with Crippen molar-refractivity contribution < 1.29 is 4.74 Å². The molecule has 3 heteroatoms. The molecule has 2 saturated heterocycles. The van der Waals surface area contributed by atoms with Crippen molar-refractivity contribution in [1.29, 1.82) is 0 Å². The number of piperidine rings is 1. The van der Waals surface area contributed by atoms with Crippen molar-refractivity contribution in [1.82, 2.24) is 4.90 Å². The highest BCUT2D eigenvalue weighted by Gasteiger charge is 2.43. The summed E-state index contributed by atoms with van der Waals surface area (Å²) in [5.74, 6) is 0.797. The molecule has 0 spiro atoms. The van der Waals surface area contributed by atoms with Gasteiger partial charge in [-0.1, -0.05) is 6.92 Å². The largest absolute Gasteiger partial charge is 0.378 e. The van der Waals surface area contributed by atoms with Crippen LogP contribution in [-0.2, 0) is 4.74 Å². The summed E-state index contributed by atoms with van der Waals surface area (Å²) in [6.45, 7) is 9.80. The number of hydrogen-bond acceptors (Lipinski definition) is 3. The summed E-state index contributed by atoms with van der Waals surface area (Å²) in [5.41, 5.74) is 6.34. The van der Waals surface area contributed by atoms with Crippen LogP contribution in [-0.4, -0.2) is 42.3 Å². The summed E-state index contributed by atoms with van der Waals surface area (Å²) >= 11 is 0. The molecule has 4 atom stereocenters. The van der Waals surface area contributed by atoms with Crippen LogP contribution in [0.15, 0.2) is 0 Å². The van der Waals surface area contributed by atoms with E-state index in [1.807, 2.05) is 0 Å². The molecule has 4 unspecified atom stereocenters. The fourth-order valence-electron chi connectivity index (χ4n) is 3.71. The summed E-state index contributed by atoms with van der Waals surface area (Å²) < 4.78 is 5.71. The first-order chi connectivity index (χ1) is 8.09. The Balaban J connectivity index is 2.15. The first-order valence-electron chi connectivity index (χ1n) is 7.17. The third-order valence-corrected chi connectivity index (χ3v) is 5.00. The van der Waals surface area contributed by atoms with Crippen molar-refractivity contribution in [3.63, 3.8) is 0 Å². The third-order valence-electron chi connectivity index (χ3n) is 5.00. The summed E-state index contributed by atoms with van der Waals surface area (Å²) in [6, 6.07) is 0.664. The number of likely N-dealkylation sites (tertiary alicyclic amines) is 1. The van der Waals surface area contributed by atoms with Crippen LogP contribution in [0.3, 0.4) is 0 Å². The first-order valence-corrected chi connectivity index (χ1v) is 7.17. The standard InChI is InChI=1S/C14H28N2O/c1-11-5-4-7-16(13(11)3)14(10-15)6-8-17-12(2)9-14/h11-13H,4-10,15H2,1-3H3. The van der Waals surface area contributed by atoms with Gasteiger partial charge in [0.25, 0.3) is 0 Å². The van der Waals surface area contributed by atoms with Crippen LogP contribution in [0.1, 0.15) is 46.5 Å². The lowest BCUT2D eigenvalue weighted by molar-refractivity contribution is -0.0908. The van der Waals surface area contributed by atoms with Crippen LogP contribution in [0.25, 0.3) is 0 Å². The van der Waals surface area contributed by atoms with E-state index in [0.717, 1.165) is 31.9 Å². The quantitative estimate of drug-likeness (QED) is 0.802. The van der Waals surface area contributed by atoms with E-state index in [-0.39, 0.29) is 5.54 Å². The molecule has 2 N–H and O–H groups in total. The van der Waals surface area contributed by atoms with Gasteiger partial charge in [-0.15, -0.1) is 0 Å². The molecule has 17 heavy (non-hydrogen) atoms. The molecule has 0 aliphatic carbocycles. The molecule has 2 aliphatic heterocycles. The molecule has 2 aliphatic rings. The highest BCUT2D eigenvalue weighted by molar-refractivity contribution is 4.99. The fraction of sp³-hybridized carbons (Fsp3) is 1.00. The highest BCUT2D eigenvalue weighted by atomic mass is 16.5. The van der Waals surface area contributed by atoms with E-state index in [4.69, 9.17) is 10.5 Å². The molecule has 0 aromatic rings. The molecule has 0 amide bonds. The van der Waals surface area contributed by atoms with Crippen LogP contribution < -0.4 is 5.73 Å². The van der Waals surface area contributed by atoms with Crippen molar-refractivity contribution in [2.45, 2.75) is 64.1 Å². The van der Waals surface area contributed by atoms with Crippen molar-refractivity contribution in [2.75, 3.05) is 19.7 Å². The maximum Gasteiger partial charge on any atom is 0.0565 e. The van der Waals surface area contributed by atoms with Gasteiger partial charge in [0.1, 0.15) is 0 Å². The molecular weight excluding hydrogens is 212 g/mol. The topological polar surface area (TPSA) is 38.5 Å². The third kappa shape index (κ3) is 2.51. The molecular formula is C14H28N2O. The van der Waals surface area contributed by atoms with Gasteiger partial charge in [-0.25, -0.2) is 0 Å². The second-order valence-electron chi connectivity index (χ2n) is 6.12. The molecule has 0 bridgehead atoms. The van der Waals surface area contributed by atoms with Gasteiger partial charge < -0.3 is 10.5 Å². The molecule has 0 saturated carbocycles. The Kier molecular flexibility index (Phi) is 4.11. The average Bonchev–Trinajstić information content (AvgIpc) is 2.32. The smallest absolute Gasteiger partial charge is 0.0565 e. The predicted octanol–water partition coefficient (Wildman–Crippen LogP) is 2.00. The van der Waals surface area contributed by atoms with E-state index in [0.29, 0.717) is 12.1 Å². The van der Waals surface area contributed by atoms with E-state index in [2.05, 4.69) is 25.7 Å². The van der Waals surface area contributed by atoms with E-state index < -0.39 is 0 Å². The Morgan fingerprint density at radius 1 is 1.35 bits per heavy atom. The minimum absolute atomic E-state index is 0.200. The van der Waals surface area contributed by atoms with Gasteiger partial charge in [-0.3, -0.25) is 4.90 Å². The zero-order chi connectivity index (χ0) is 12.5. The minimum Gasteiger partial charge on any atom is -0.378 e. The zero-order valence-corrected chi connectivity index (χ0v) is 11.6. The molecule has 3 nitrogen and oxygen atoms in total. The van der Waals surface area contributed by atoms with Crippen molar-refractivity contribution in [3.8, 4) is 0 Å². The second-order valence-corrected chi connectivity index (χ2v) is 6.12. The number of rotatable bonds is 2. The van der Waals surface area contributed by atoms with Gasteiger partial charge >= 0.3 is 0 Å². The maximum atomic E-state index is 6.14. The normalized spacial score (nSPS) is 44.8. The summed E-state index contributed by atoms with van der Waals surface area (Å²) in [5, 5.41) is 0. The first kappa shape index (κ1) is 13.3. The van der Waals surface area contributed by atoms with E-state index in [9.17, 15) is 0 Å². The Labute approximate surface area is 106 Å². The lowest BCUT2D eigenvalue weighted by atomic mass is 9.80. The van der Waals surface area contributed by atoms with Gasteiger partial charge in [0.2, 0.25) is 0 Å². The molecule has 2 rings (SSSR count). The van der Waals surface area contributed by atoms with Gasteiger partial charge in [-0.05, 0) is 52.0 Å². The lowest BCUT2D eigenvalue weighted by Gasteiger charge is -2.53. The highest BCUT2D eigenvalue weighted by Crippen LogP contribution is 2.36. The molecule has 0 aromatic carbocycles. The Bertz CT molecular complexity index is 259. The van der Waals surface area contributed by atoms with Crippen molar-refractivity contribution in [2.24, 2.45) is 11.7 Å². The number of nitrogens with two attached hydrogens (primary N) is 1. The van der Waals surface area contributed by atoms with Gasteiger partial charge in [0.15, 0.2) is 0 Å². The van der Waals surface area contributed by atoms with Crippen molar-refractivity contribution >= 4 is 0 Å². The molecule has 2 heterocycles. The number of ether oxygens (including phenoxy) is 1. The molecule has 0 aromatic heterocycles. The molecule has 2 fully saturated rings. The van der Waals surface area contributed by atoms with Crippen LogP contribution in [0.2, 0.25) is 0 Å². The van der Waals surface area contributed by atoms with Crippen molar-refractivity contribution in [3.05, 3.63) is 0 Å². The van der Waals surface area contributed by atoms with E-state index in [1.165, 1.54) is 19.4 Å². The summed E-state index contributed by atoms with van der Waals surface area (Å²) in [7, 11) is 0. The second kappa shape index (κ2) is 5.25. The number of hydrogen-bond donors (Lipinski definition) is 1. The maximum absolute atomic E-state index is 6.14. The zero-order valence-electron chi connectivity index (χ0n) is 11.6. The van der Waals surface area contributed by atoms with E-state index in [1.54, 1.807) is 0 Å². The Morgan fingerprint density at radius 3 is 2.76 bits per heavy atom. The lowest BCUT2D eigenvalue weighted by Crippen LogP contribution is -2.63. The fourth-order valence-corrected chi connectivity index (χ4v) is 3.71. The van der Waals surface area contributed by atoms with Gasteiger partial charge in [-0.2, -0.15) is 0 Å².